The lowest BCUT2D eigenvalue weighted by Gasteiger charge is -2.17. The Bertz CT molecular complexity index is 1390. The van der Waals surface area contributed by atoms with Crippen molar-refractivity contribution >= 4 is 39.1 Å². The van der Waals surface area contributed by atoms with Crippen molar-refractivity contribution in [2.24, 2.45) is 0 Å². The van der Waals surface area contributed by atoms with Gasteiger partial charge in [-0.2, -0.15) is 13.2 Å². The quantitative estimate of drug-likeness (QED) is 0.408. The summed E-state index contributed by atoms with van der Waals surface area (Å²) in [5.41, 5.74) is -0.593. The number of nitrogens with one attached hydrogen (secondary N) is 1. The van der Waals surface area contributed by atoms with Crippen LogP contribution in [0.1, 0.15) is 34.2 Å². The van der Waals surface area contributed by atoms with Gasteiger partial charge < -0.3 is 15.0 Å². The summed E-state index contributed by atoms with van der Waals surface area (Å²) in [6.07, 6.45) is -2.44. The third-order valence-electron chi connectivity index (χ3n) is 4.92. The van der Waals surface area contributed by atoms with Crippen LogP contribution in [-0.4, -0.2) is 30.3 Å². The van der Waals surface area contributed by atoms with Crippen molar-refractivity contribution in [3.8, 4) is 5.69 Å². The highest BCUT2D eigenvalue weighted by Gasteiger charge is 2.35. The summed E-state index contributed by atoms with van der Waals surface area (Å²) < 4.78 is 65.7. The van der Waals surface area contributed by atoms with E-state index in [-0.39, 0.29) is 38.3 Å². The van der Waals surface area contributed by atoms with E-state index in [0.29, 0.717) is 5.69 Å². The first-order chi connectivity index (χ1) is 15.7. The van der Waals surface area contributed by atoms with Gasteiger partial charge in [0.2, 0.25) is 0 Å². The zero-order valence-corrected chi connectivity index (χ0v) is 19.8. The molecule has 0 atom stereocenters. The number of aliphatic hydroxyl groups excluding tert-OH is 1. The molecule has 3 aromatic rings. The van der Waals surface area contributed by atoms with Crippen LogP contribution in [0, 0.1) is 6.92 Å². The van der Waals surface area contributed by atoms with Crippen molar-refractivity contribution in [1.82, 2.24) is 4.57 Å². The maximum absolute atomic E-state index is 13.8. The molecule has 0 saturated carbocycles. The molecule has 0 aliphatic heterocycles. The average molecular weight is 513 g/mol. The second kappa shape index (κ2) is 9.19. The van der Waals surface area contributed by atoms with E-state index in [4.69, 9.17) is 11.6 Å². The number of sulfone groups is 1. The van der Waals surface area contributed by atoms with Crippen molar-refractivity contribution < 1.29 is 31.5 Å². The summed E-state index contributed by atoms with van der Waals surface area (Å²) in [5, 5.41) is 12.3. The lowest BCUT2D eigenvalue weighted by Crippen LogP contribution is -2.15. The van der Waals surface area contributed by atoms with E-state index in [9.17, 15) is 31.5 Å². The van der Waals surface area contributed by atoms with Crippen molar-refractivity contribution in [3.05, 3.63) is 81.8 Å². The fraction of sp³-hybridized carbons (Fsp3) is 0.174. The van der Waals surface area contributed by atoms with Crippen molar-refractivity contribution in [2.75, 3.05) is 11.6 Å². The number of benzene rings is 2. The maximum atomic E-state index is 13.8. The van der Waals surface area contributed by atoms with Crippen LogP contribution in [0.15, 0.2) is 59.2 Å². The van der Waals surface area contributed by atoms with Gasteiger partial charge in [-0.05, 0) is 68.5 Å². The Labute approximate surface area is 199 Å². The second-order valence-corrected chi connectivity index (χ2v) is 10.1. The van der Waals surface area contributed by atoms with E-state index in [1.807, 2.05) is 0 Å². The molecule has 0 radical (unpaired) electrons. The molecule has 0 aliphatic rings. The molecule has 0 fully saturated rings. The Morgan fingerprint density at radius 2 is 1.74 bits per heavy atom. The Kier molecular flexibility index (Phi) is 6.86. The lowest BCUT2D eigenvalue weighted by molar-refractivity contribution is -0.137. The van der Waals surface area contributed by atoms with Gasteiger partial charge in [-0.3, -0.25) is 4.79 Å². The molecule has 3 rings (SSSR count). The molecule has 0 saturated heterocycles. The number of hydrogen-bond acceptors (Lipinski definition) is 4. The standard InChI is InChI=1S/C23H20ClF3N2O4S/c1-13(30)10-17-12-19(22(31)28-16-5-7-18(8-6-16)34(3,32)33)14(2)29(17)21-9-4-15(24)11-20(21)23(25,26)27/h4-12,30H,1-3H3,(H,28,31)/b13-10+. The molecule has 1 aromatic heterocycles. The van der Waals surface area contributed by atoms with E-state index >= 15 is 0 Å². The van der Waals surface area contributed by atoms with Crippen molar-refractivity contribution in [3.63, 3.8) is 0 Å². The molecule has 34 heavy (non-hydrogen) atoms. The van der Waals surface area contributed by atoms with Crippen LogP contribution in [0.5, 0.6) is 0 Å². The molecule has 2 N–H and O–H groups in total. The van der Waals surface area contributed by atoms with Gasteiger partial charge in [0.15, 0.2) is 9.84 Å². The number of alkyl halides is 3. The number of carbonyl (C=O) groups is 1. The number of allylic oxidation sites excluding steroid dienone is 1. The maximum Gasteiger partial charge on any atom is 0.418 e. The first-order valence-electron chi connectivity index (χ1n) is 9.76. The highest BCUT2D eigenvalue weighted by Crippen LogP contribution is 2.37. The zero-order valence-electron chi connectivity index (χ0n) is 18.2. The zero-order chi connectivity index (χ0) is 25.4. The van der Waals surface area contributed by atoms with E-state index in [1.165, 1.54) is 67.0 Å². The molecule has 0 unspecified atom stereocenters. The molecule has 0 bridgehead atoms. The Hall–Kier alpha value is -3.24. The topological polar surface area (TPSA) is 88.4 Å². The van der Waals surface area contributed by atoms with Gasteiger partial charge in [0, 0.05) is 22.7 Å². The predicted octanol–water partition coefficient (Wildman–Crippen LogP) is 6.03. The highest BCUT2D eigenvalue weighted by atomic mass is 35.5. The van der Waals surface area contributed by atoms with Crippen LogP contribution >= 0.6 is 11.6 Å². The monoisotopic (exact) mass is 512 g/mol. The number of anilines is 1. The number of nitrogens with zero attached hydrogens (tertiary/aromatic N) is 1. The van der Waals surface area contributed by atoms with Crippen LogP contribution in [0.3, 0.4) is 0 Å². The van der Waals surface area contributed by atoms with E-state index < -0.39 is 27.5 Å². The Morgan fingerprint density at radius 3 is 2.26 bits per heavy atom. The molecule has 1 amide bonds. The van der Waals surface area contributed by atoms with Crippen LogP contribution in [-0.2, 0) is 16.0 Å². The van der Waals surface area contributed by atoms with E-state index in [1.54, 1.807) is 0 Å². The first-order valence-corrected chi connectivity index (χ1v) is 12.0. The Balaban J connectivity index is 2.10. The summed E-state index contributed by atoms with van der Waals surface area (Å²) in [6, 6.07) is 10.1. The normalized spacial score (nSPS) is 12.6. The molecule has 6 nitrogen and oxygen atoms in total. The van der Waals surface area contributed by atoms with Crippen molar-refractivity contribution in [1.29, 1.82) is 0 Å². The van der Waals surface area contributed by atoms with Gasteiger partial charge in [-0.1, -0.05) is 11.6 Å². The third-order valence-corrected chi connectivity index (χ3v) is 6.29. The van der Waals surface area contributed by atoms with Crippen LogP contribution in [0.4, 0.5) is 18.9 Å². The number of halogens is 4. The van der Waals surface area contributed by atoms with Gasteiger partial charge in [-0.15, -0.1) is 0 Å². The second-order valence-electron chi connectivity index (χ2n) is 7.60. The number of hydrogen-bond donors (Lipinski definition) is 2. The summed E-state index contributed by atoms with van der Waals surface area (Å²) >= 11 is 5.80. The molecule has 0 spiro atoms. The number of carbonyl (C=O) groups excluding carboxylic acids is 1. The van der Waals surface area contributed by atoms with Gasteiger partial charge in [0.25, 0.3) is 5.91 Å². The lowest BCUT2D eigenvalue weighted by atomic mass is 10.1. The van der Waals surface area contributed by atoms with Gasteiger partial charge in [-0.25, -0.2) is 8.42 Å². The number of rotatable bonds is 5. The van der Waals surface area contributed by atoms with Crippen LogP contribution in [0.25, 0.3) is 11.8 Å². The number of aromatic nitrogens is 1. The van der Waals surface area contributed by atoms with E-state index in [0.717, 1.165) is 12.3 Å². The van der Waals surface area contributed by atoms with Gasteiger partial charge in [0.05, 0.1) is 33.2 Å². The highest BCUT2D eigenvalue weighted by molar-refractivity contribution is 7.90. The number of aliphatic hydroxyl groups is 1. The molecule has 1 heterocycles. The molecular formula is C23H20ClF3N2O4S. The minimum absolute atomic E-state index is 0.0581. The summed E-state index contributed by atoms with van der Waals surface area (Å²) in [5.74, 6) is -0.805. The molecule has 11 heteroatoms. The summed E-state index contributed by atoms with van der Waals surface area (Å²) in [7, 11) is -3.42. The number of amides is 1. The van der Waals surface area contributed by atoms with Gasteiger partial charge in [0.1, 0.15) is 0 Å². The van der Waals surface area contributed by atoms with Gasteiger partial charge >= 0.3 is 6.18 Å². The fourth-order valence-corrected chi connectivity index (χ4v) is 4.22. The van der Waals surface area contributed by atoms with Crippen LogP contribution in [0.2, 0.25) is 5.02 Å². The fourth-order valence-electron chi connectivity index (χ4n) is 3.42. The summed E-state index contributed by atoms with van der Waals surface area (Å²) in [4.78, 5) is 13.0. The van der Waals surface area contributed by atoms with Crippen LogP contribution < -0.4 is 5.32 Å². The first kappa shape index (κ1) is 25.4. The largest absolute Gasteiger partial charge is 0.513 e. The molecule has 2 aromatic carbocycles. The van der Waals surface area contributed by atoms with E-state index in [2.05, 4.69) is 5.32 Å². The predicted molar refractivity (Wildman–Crippen MR) is 124 cm³/mol. The SMILES string of the molecule is C/C(O)=C\c1cc(C(=O)Nc2ccc(S(C)(=O)=O)cc2)c(C)n1-c1ccc(Cl)cc1C(F)(F)F. The minimum Gasteiger partial charge on any atom is -0.513 e. The Morgan fingerprint density at radius 1 is 1.12 bits per heavy atom. The smallest absolute Gasteiger partial charge is 0.418 e. The third kappa shape index (κ3) is 5.45. The minimum atomic E-state index is -4.73. The molecule has 180 valence electrons. The van der Waals surface area contributed by atoms with Crippen molar-refractivity contribution in [2.45, 2.75) is 24.9 Å². The molecular weight excluding hydrogens is 493 g/mol. The average Bonchev–Trinajstić information content (AvgIpc) is 3.02. The molecule has 0 aliphatic carbocycles. The summed E-state index contributed by atoms with van der Waals surface area (Å²) in [6.45, 7) is 2.82.